The summed E-state index contributed by atoms with van der Waals surface area (Å²) in [5.41, 5.74) is -0.0635. The SMILES string of the molecule is CCCC(COC)C(C)(C)OC. The molecule has 0 rings (SSSR count). The van der Waals surface area contributed by atoms with Crippen molar-refractivity contribution in [3.63, 3.8) is 0 Å². The Hall–Kier alpha value is -0.0800. The second kappa shape index (κ2) is 5.55. The molecule has 0 aliphatic carbocycles. The molecule has 0 aliphatic rings. The van der Waals surface area contributed by atoms with Crippen LogP contribution in [0.2, 0.25) is 0 Å². The monoisotopic (exact) mass is 174 g/mol. The molecule has 2 nitrogen and oxygen atoms in total. The predicted molar refractivity (Wildman–Crippen MR) is 51.4 cm³/mol. The third-order valence-corrected chi connectivity index (χ3v) is 2.51. The van der Waals surface area contributed by atoms with Gasteiger partial charge in [-0.05, 0) is 20.3 Å². The highest BCUT2D eigenvalue weighted by Crippen LogP contribution is 2.24. The maximum Gasteiger partial charge on any atom is 0.0672 e. The molecule has 0 aromatic heterocycles. The van der Waals surface area contributed by atoms with Gasteiger partial charge in [0, 0.05) is 20.1 Å². The van der Waals surface area contributed by atoms with Crippen LogP contribution in [0.3, 0.4) is 0 Å². The fourth-order valence-electron chi connectivity index (χ4n) is 1.35. The topological polar surface area (TPSA) is 18.5 Å². The van der Waals surface area contributed by atoms with Gasteiger partial charge in [0.05, 0.1) is 12.2 Å². The Labute approximate surface area is 76.3 Å². The molecule has 0 saturated carbocycles. The van der Waals surface area contributed by atoms with Gasteiger partial charge in [-0.3, -0.25) is 0 Å². The van der Waals surface area contributed by atoms with Crippen molar-refractivity contribution in [2.45, 2.75) is 39.2 Å². The molecule has 0 amide bonds. The first-order chi connectivity index (χ1) is 5.58. The minimum absolute atomic E-state index is 0.0635. The lowest BCUT2D eigenvalue weighted by Crippen LogP contribution is -2.36. The van der Waals surface area contributed by atoms with Crippen LogP contribution < -0.4 is 0 Å². The molecule has 0 aliphatic heterocycles. The largest absolute Gasteiger partial charge is 0.384 e. The lowest BCUT2D eigenvalue weighted by atomic mass is 9.88. The predicted octanol–water partition coefficient (Wildman–Crippen LogP) is 2.47. The summed E-state index contributed by atoms with van der Waals surface area (Å²) in [6.45, 7) is 7.21. The van der Waals surface area contributed by atoms with Gasteiger partial charge in [0.25, 0.3) is 0 Å². The summed E-state index contributed by atoms with van der Waals surface area (Å²) in [6, 6.07) is 0. The van der Waals surface area contributed by atoms with E-state index in [1.54, 1.807) is 14.2 Å². The van der Waals surface area contributed by atoms with E-state index >= 15 is 0 Å². The van der Waals surface area contributed by atoms with Gasteiger partial charge in [-0.15, -0.1) is 0 Å². The van der Waals surface area contributed by atoms with Crippen molar-refractivity contribution in [2.75, 3.05) is 20.8 Å². The van der Waals surface area contributed by atoms with Gasteiger partial charge < -0.3 is 9.47 Å². The normalized spacial score (nSPS) is 14.8. The molecule has 0 heterocycles. The molecule has 0 aromatic carbocycles. The van der Waals surface area contributed by atoms with E-state index in [0.717, 1.165) is 13.0 Å². The Morgan fingerprint density at radius 3 is 2.17 bits per heavy atom. The van der Waals surface area contributed by atoms with Crippen LogP contribution in [0.5, 0.6) is 0 Å². The second-order valence-corrected chi connectivity index (χ2v) is 3.75. The lowest BCUT2D eigenvalue weighted by molar-refractivity contribution is -0.0555. The van der Waals surface area contributed by atoms with Gasteiger partial charge in [0.2, 0.25) is 0 Å². The summed E-state index contributed by atoms with van der Waals surface area (Å²) in [5.74, 6) is 0.498. The Bertz CT molecular complexity index is 104. The Morgan fingerprint density at radius 2 is 1.83 bits per heavy atom. The van der Waals surface area contributed by atoms with E-state index in [-0.39, 0.29) is 5.60 Å². The van der Waals surface area contributed by atoms with Crippen LogP contribution in [0, 0.1) is 5.92 Å². The molecule has 0 radical (unpaired) electrons. The van der Waals surface area contributed by atoms with E-state index in [4.69, 9.17) is 9.47 Å². The lowest BCUT2D eigenvalue weighted by Gasteiger charge is -2.32. The fourth-order valence-corrected chi connectivity index (χ4v) is 1.35. The maximum atomic E-state index is 5.42. The molecule has 1 unspecified atom stereocenters. The summed E-state index contributed by atoms with van der Waals surface area (Å²) < 4.78 is 10.6. The maximum absolute atomic E-state index is 5.42. The zero-order valence-corrected chi connectivity index (χ0v) is 9.02. The van der Waals surface area contributed by atoms with Gasteiger partial charge in [-0.25, -0.2) is 0 Å². The van der Waals surface area contributed by atoms with Crippen LogP contribution >= 0.6 is 0 Å². The first kappa shape index (κ1) is 11.9. The van der Waals surface area contributed by atoms with E-state index in [1.807, 2.05) is 0 Å². The van der Waals surface area contributed by atoms with Gasteiger partial charge in [-0.2, -0.15) is 0 Å². The van der Waals surface area contributed by atoms with Gasteiger partial charge in [-0.1, -0.05) is 13.3 Å². The molecular weight excluding hydrogens is 152 g/mol. The van der Waals surface area contributed by atoms with Crippen molar-refractivity contribution in [3.05, 3.63) is 0 Å². The number of methoxy groups -OCH3 is 2. The minimum atomic E-state index is -0.0635. The van der Waals surface area contributed by atoms with Crippen molar-refractivity contribution in [1.82, 2.24) is 0 Å². The van der Waals surface area contributed by atoms with Crippen LogP contribution in [0.4, 0.5) is 0 Å². The highest BCUT2D eigenvalue weighted by atomic mass is 16.5. The van der Waals surface area contributed by atoms with Crippen LogP contribution in [0.25, 0.3) is 0 Å². The molecule has 12 heavy (non-hydrogen) atoms. The standard InChI is InChI=1S/C10H22O2/c1-6-7-9(8-11-4)10(2,3)12-5/h9H,6-8H2,1-5H3. The van der Waals surface area contributed by atoms with E-state index in [0.29, 0.717) is 5.92 Å². The van der Waals surface area contributed by atoms with Crippen molar-refractivity contribution >= 4 is 0 Å². The van der Waals surface area contributed by atoms with Gasteiger partial charge in [0.1, 0.15) is 0 Å². The Morgan fingerprint density at radius 1 is 1.25 bits per heavy atom. The van der Waals surface area contributed by atoms with Gasteiger partial charge in [0.15, 0.2) is 0 Å². The summed E-state index contributed by atoms with van der Waals surface area (Å²) in [5, 5.41) is 0. The summed E-state index contributed by atoms with van der Waals surface area (Å²) in [7, 11) is 3.51. The van der Waals surface area contributed by atoms with Crippen molar-refractivity contribution in [1.29, 1.82) is 0 Å². The van der Waals surface area contributed by atoms with Crippen LogP contribution in [-0.2, 0) is 9.47 Å². The zero-order valence-electron chi connectivity index (χ0n) is 9.02. The number of rotatable bonds is 6. The Balaban J connectivity index is 4.07. The van der Waals surface area contributed by atoms with Gasteiger partial charge >= 0.3 is 0 Å². The van der Waals surface area contributed by atoms with Crippen LogP contribution in [0.1, 0.15) is 33.6 Å². The van der Waals surface area contributed by atoms with Crippen LogP contribution in [0.15, 0.2) is 0 Å². The third-order valence-electron chi connectivity index (χ3n) is 2.51. The van der Waals surface area contributed by atoms with E-state index in [2.05, 4.69) is 20.8 Å². The molecule has 0 saturated heterocycles. The molecule has 0 N–H and O–H groups in total. The molecule has 1 atom stereocenters. The smallest absolute Gasteiger partial charge is 0.0672 e. The first-order valence-electron chi connectivity index (χ1n) is 4.62. The van der Waals surface area contributed by atoms with E-state index < -0.39 is 0 Å². The molecule has 2 heteroatoms. The van der Waals surface area contributed by atoms with Crippen molar-refractivity contribution in [2.24, 2.45) is 5.92 Å². The fraction of sp³-hybridized carbons (Fsp3) is 1.00. The number of ether oxygens (including phenoxy) is 2. The van der Waals surface area contributed by atoms with E-state index in [9.17, 15) is 0 Å². The highest BCUT2D eigenvalue weighted by molar-refractivity contribution is 4.78. The third kappa shape index (κ3) is 3.55. The van der Waals surface area contributed by atoms with Crippen LogP contribution in [-0.4, -0.2) is 26.4 Å². The average molecular weight is 174 g/mol. The number of hydrogen-bond acceptors (Lipinski definition) is 2. The average Bonchev–Trinajstić information content (AvgIpc) is 2.04. The summed E-state index contributed by atoms with van der Waals surface area (Å²) >= 11 is 0. The highest BCUT2D eigenvalue weighted by Gasteiger charge is 2.28. The molecule has 0 aromatic rings. The zero-order chi connectivity index (χ0) is 9.61. The molecular formula is C10H22O2. The summed E-state index contributed by atoms with van der Waals surface area (Å²) in [6.07, 6.45) is 2.34. The molecule has 74 valence electrons. The Kier molecular flexibility index (Phi) is 5.51. The minimum Gasteiger partial charge on any atom is -0.384 e. The number of hydrogen-bond donors (Lipinski definition) is 0. The second-order valence-electron chi connectivity index (χ2n) is 3.75. The van der Waals surface area contributed by atoms with Crippen molar-refractivity contribution < 1.29 is 9.47 Å². The molecule has 0 spiro atoms. The van der Waals surface area contributed by atoms with E-state index in [1.165, 1.54) is 6.42 Å². The quantitative estimate of drug-likeness (QED) is 0.616. The first-order valence-corrected chi connectivity index (χ1v) is 4.62. The summed E-state index contributed by atoms with van der Waals surface area (Å²) in [4.78, 5) is 0. The van der Waals surface area contributed by atoms with Crippen molar-refractivity contribution in [3.8, 4) is 0 Å². The molecule has 0 bridgehead atoms. The molecule has 0 fully saturated rings.